The molecule has 0 fully saturated rings. The number of carboxylic acid groups (broad SMARTS) is 1. The van der Waals surface area contributed by atoms with Crippen LogP contribution < -0.4 is 0 Å². The molecule has 23 heavy (non-hydrogen) atoms. The Hall–Kier alpha value is -0.960. The molecule has 0 bridgehead atoms. The van der Waals surface area contributed by atoms with Crippen LogP contribution in [0.5, 0.6) is 0 Å². The van der Waals surface area contributed by atoms with Crippen molar-refractivity contribution in [1.82, 2.24) is 0 Å². The summed E-state index contributed by atoms with van der Waals surface area (Å²) in [7, 11) is 0. The van der Waals surface area contributed by atoms with Crippen molar-refractivity contribution in [2.24, 2.45) is 0 Å². The van der Waals surface area contributed by atoms with Gasteiger partial charge >= 0.3 is 5.97 Å². The van der Waals surface area contributed by atoms with E-state index in [-0.39, 0.29) is 5.75 Å². The van der Waals surface area contributed by atoms with Crippen molar-refractivity contribution in [3.05, 3.63) is 29.8 Å². The van der Waals surface area contributed by atoms with E-state index in [1.54, 1.807) is 0 Å². The van der Waals surface area contributed by atoms with E-state index in [1.807, 2.05) is 12.1 Å². The average Bonchev–Trinajstić information content (AvgIpc) is 2.55. The molecule has 130 valence electrons. The Balaban J connectivity index is 2.00. The molecule has 0 aliphatic heterocycles. The van der Waals surface area contributed by atoms with Gasteiger partial charge in [-0.3, -0.25) is 4.79 Å². The summed E-state index contributed by atoms with van der Waals surface area (Å²) >= 11 is 1.38. The van der Waals surface area contributed by atoms with Gasteiger partial charge < -0.3 is 5.11 Å². The van der Waals surface area contributed by atoms with Gasteiger partial charge in [0.25, 0.3) is 0 Å². The van der Waals surface area contributed by atoms with Gasteiger partial charge in [0.2, 0.25) is 0 Å². The fraction of sp³-hybridized carbons (Fsp3) is 0.650. The first kappa shape index (κ1) is 20.1. The number of unbranched alkanes of at least 4 members (excludes halogenated alkanes) is 9. The van der Waals surface area contributed by atoms with Gasteiger partial charge in [-0.15, -0.1) is 11.8 Å². The monoisotopic (exact) mass is 336 g/mol. The van der Waals surface area contributed by atoms with E-state index >= 15 is 0 Å². The minimum atomic E-state index is -0.760. The average molecular weight is 337 g/mol. The lowest BCUT2D eigenvalue weighted by molar-refractivity contribution is -0.133. The predicted molar refractivity (Wildman–Crippen MR) is 100 cm³/mol. The van der Waals surface area contributed by atoms with Gasteiger partial charge in [0.1, 0.15) is 0 Å². The Labute approximate surface area is 146 Å². The van der Waals surface area contributed by atoms with Gasteiger partial charge in [0.15, 0.2) is 0 Å². The number of benzene rings is 1. The summed E-state index contributed by atoms with van der Waals surface area (Å²) in [5, 5.41) is 8.67. The Morgan fingerprint density at radius 1 is 0.870 bits per heavy atom. The zero-order chi connectivity index (χ0) is 16.8. The first-order valence-electron chi connectivity index (χ1n) is 9.16. The van der Waals surface area contributed by atoms with Gasteiger partial charge in [0.05, 0.1) is 5.75 Å². The van der Waals surface area contributed by atoms with Gasteiger partial charge in [-0.25, -0.2) is 0 Å². The molecule has 0 radical (unpaired) electrons. The molecule has 3 heteroatoms. The fourth-order valence-electron chi connectivity index (χ4n) is 2.71. The van der Waals surface area contributed by atoms with Crippen LogP contribution >= 0.6 is 11.8 Å². The molecular weight excluding hydrogens is 304 g/mol. The van der Waals surface area contributed by atoms with Crippen molar-refractivity contribution in [1.29, 1.82) is 0 Å². The summed E-state index contributed by atoms with van der Waals surface area (Å²) in [4.78, 5) is 11.6. The van der Waals surface area contributed by atoms with Crippen LogP contribution in [0.2, 0.25) is 0 Å². The second kappa shape index (κ2) is 13.5. The van der Waals surface area contributed by atoms with Crippen molar-refractivity contribution in [3.8, 4) is 0 Å². The van der Waals surface area contributed by atoms with Crippen LogP contribution in [0.3, 0.4) is 0 Å². The van der Waals surface area contributed by atoms with Gasteiger partial charge in [0, 0.05) is 4.90 Å². The van der Waals surface area contributed by atoms with E-state index in [4.69, 9.17) is 5.11 Å². The maximum Gasteiger partial charge on any atom is 0.313 e. The molecule has 1 aromatic carbocycles. The van der Waals surface area contributed by atoms with Crippen LogP contribution in [0.4, 0.5) is 0 Å². The molecule has 0 aliphatic rings. The van der Waals surface area contributed by atoms with Crippen molar-refractivity contribution in [3.63, 3.8) is 0 Å². The minimum Gasteiger partial charge on any atom is -0.481 e. The third-order valence-corrected chi connectivity index (χ3v) is 5.10. The van der Waals surface area contributed by atoms with Crippen LogP contribution in [-0.2, 0) is 11.2 Å². The summed E-state index contributed by atoms with van der Waals surface area (Å²) in [6, 6.07) is 8.36. The molecule has 1 N–H and O–H groups in total. The molecule has 0 unspecified atom stereocenters. The largest absolute Gasteiger partial charge is 0.481 e. The number of rotatable bonds is 14. The highest BCUT2D eigenvalue weighted by Crippen LogP contribution is 2.19. The number of carboxylic acids is 1. The number of thioether (sulfide) groups is 1. The number of aliphatic carboxylic acids is 1. The second-order valence-corrected chi connectivity index (χ2v) is 7.31. The molecule has 0 aromatic heterocycles. The molecule has 0 heterocycles. The van der Waals surface area contributed by atoms with Crippen molar-refractivity contribution in [2.45, 2.75) is 82.4 Å². The van der Waals surface area contributed by atoms with Gasteiger partial charge in [-0.05, 0) is 30.5 Å². The lowest BCUT2D eigenvalue weighted by Crippen LogP contribution is -1.97. The van der Waals surface area contributed by atoms with Crippen LogP contribution in [0.1, 0.15) is 76.7 Å². The van der Waals surface area contributed by atoms with E-state index in [2.05, 4.69) is 19.1 Å². The zero-order valence-corrected chi connectivity index (χ0v) is 15.4. The molecular formula is C20H32O2S. The second-order valence-electron chi connectivity index (χ2n) is 6.26. The molecule has 0 saturated heterocycles. The Morgan fingerprint density at radius 3 is 1.91 bits per heavy atom. The summed E-state index contributed by atoms with van der Waals surface area (Å²) in [5.74, 6) is -0.623. The molecule has 0 amide bonds. The van der Waals surface area contributed by atoms with E-state index in [9.17, 15) is 4.79 Å². The number of aryl methyl sites for hydroxylation is 1. The van der Waals surface area contributed by atoms with E-state index in [0.29, 0.717) is 0 Å². The SMILES string of the molecule is CCCCCCCCCCCCc1ccc(SCC(=O)O)cc1. The Bertz CT molecular complexity index is 414. The van der Waals surface area contributed by atoms with Crippen molar-refractivity contribution < 1.29 is 9.90 Å². The van der Waals surface area contributed by atoms with Crippen LogP contribution in [0.25, 0.3) is 0 Å². The topological polar surface area (TPSA) is 37.3 Å². The summed E-state index contributed by atoms with van der Waals surface area (Å²) in [6.07, 6.45) is 14.8. The molecule has 2 nitrogen and oxygen atoms in total. The van der Waals surface area contributed by atoms with Crippen molar-refractivity contribution in [2.75, 3.05) is 5.75 Å². The van der Waals surface area contributed by atoms with E-state index in [0.717, 1.165) is 11.3 Å². The molecule has 0 spiro atoms. The summed E-state index contributed by atoms with van der Waals surface area (Å²) in [6.45, 7) is 2.27. The maximum atomic E-state index is 10.5. The molecule has 0 saturated carbocycles. The van der Waals surface area contributed by atoms with Gasteiger partial charge in [-0.1, -0.05) is 76.8 Å². The van der Waals surface area contributed by atoms with Crippen LogP contribution in [0, 0.1) is 0 Å². The highest BCUT2D eigenvalue weighted by molar-refractivity contribution is 8.00. The summed E-state index contributed by atoms with van der Waals surface area (Å²) in [5.41, 5.74) is 1.37. The summed E-state index contributed by atoms with van der Waals surface area (Å²) < 4.78 is 0. The van der Waals surface area contributed by atoms with E-state index < -0.39 is 5.97 Å². The maximum absolute atomic E-state index is 10.5. The molecule has 0 atom stereocenters. The third kappa shape index (κ3) is 11.2. The highest BCUT2D eigenvalue weighted by atomic mass is 32.2. The lowest BCUT2D eigenvalue weighted by Gasteiger charge is -2.04. The molecule has 1 rings (SSSR count). The standard InChI is InChI=1S/C20H32O2S/c1-2-3-4-5-6-7-8-9-10-11-12-18-13-15-19(16-14-18)23-17-20(21)22/h13-16H,2-12,17H2,1H3,(H,21,22). The third-order valence-electron chi connectivity index (χ3n) is 4.10. The Kier molecular flexibility index (Phi) is 11.8. The number of hydrogen-bond acceptors (Lipinski definition) is 2. The normalized spacial score (nSPS) is 10.8. The number of carbonyl (C=O) groups is 1. The van der Waals surface area contributed by atoms with E-state index in [1.165, 1.54) is 81.5 Å². The van der Waals surface area contributed by atoms with Crippen LogP contribution in [0.15, 0.2) is 29.2 Å². The highest BCUT2D eigenvalue weighted by Gasteiger charge is 2.00. The molecule has 0 aliphatic carbocycles. The Morgan fingerprint density at radius 2 is 1.39 bits per heavy atom. The first-order chi connectivity index (χ1) is 11.2. The fourth-order valence-corrected chi connectivity index (χ4v) is 3.33. The molecule has 1 aromatic rings. The smallest absolute Gasteiger partial charge is 0.313 e. The minimum absolute atomic E-state index is 0.137. The predicted octanol–water partition coefficient (Wildman–Crippen LogP) is 6.33. The lowest BCUT2D eigenvalue weighted by atomic mass is 10.0. The number of hydrogen-bond donors (Lipinski definition) is 1. The van der Waals surface area contributed by atoms with Crippen LogP contribution in [-0.4, -0.2) is 16.8 Å². The quantitative estimate of drug-likeness (QED) is 0.319. The zero-order valence-electron chi connectivity index (χ0n) is 14.6. The van der Waals surface area contributed by atoms with Gasteiger partial charge in [-0.2, -0.15) is 0 Å². The van der Waals surface area contributed by atoms with Crippen molar-refractivity contribution >= 4 is 17.7 Å². The first-order valence-corrected chi connectivity index (χ1v) is 10.1.